The first-order valence-electron chi connectivity index (χ1n) is 9.89. The summed E-state index contributed by atoms with van der Waals surface area (Å²) in [5, 5.41) is 10.6. The molecule has 9 nitrogen and oxygen atoms in total. The van der Waals surface area contributed by atoms with Gasteiger partial charge in [0.15, 0.2) is 11.6 Å². The van der Waals surface area contributed by atoms with E-state index in [-0.39, 0.29) is 5.91 Å². The second-order valence-corrected chi connectivity index (χ2v) is 7.24. The molecule has 3 aromatic heterocycles. The number of carbonyl (C=O) groups excluding carboxylic acids is 1. The van der Waals surface area contributed by atoms with Gasteiger partial charge in [0.25, 0.3) is 5.91 Å². The number of para-hydroxylation sites is 2. The number of hydrogen-bond donors (Lipinski definition) is 3. The highest BCUT2D eigenvalue weighted by Gasteiger charge is 2.16. The topological polar surface area (TPSA) is 104 Å². The summed E-state index contributed by atoms with van der Waals surface area (Å²) < 4.78 is 1.69. The summed E-state index contributed by atoms with van der Waals surface area (Å²) in [7, 11) is 1.82. The fourth-order valence-electron chi connectivity index (χ4n) is 3.61. The van der Waals surface area contributed by atoms with Crippen LogP contribution in [0.15, 0.2) is 48.7 Å². The average molecular weight is 402 g/mol. The lowest BCUT2D eigenvalue weighted by atomic mass is 10.2. The predicted molar refractivity (Wildman–Crippen MR) is 116 cm³/mol. The largest absolute Gasteiger partial charge is 0.354 e. The summed E-state index contributed by atoms with van der Waals surface area (Å²) in [6, 6.07) is 13.3. The van der Waals surface area contributed by atoms with E-state index in [1.807, 2.05) is 37.4 Å². The third kappa shape index (κ3) is 3.50. The van der Waals surface area contributed by atoms with Crippen LogP contribution in [0.1, 0.15) is 10.4 Å². The predicted octanol–water partition coefficient (Wildman–Crippen LogP) is 2.02. The van der Waals surface area contributed by atoms with E-state index in [4.69, 9.17) is 0 Å². The van der Waals surface area contributed by atoms with Gasteiger partial charge in [-0.2, -0.15) is 5.10 Å². The number of nitrogens with zero attached hydrogens (tertiary/aromatic N) is 5. The van der Waals surface area contributed by atoms with Crippen molar-refractivity contribution in [3.63, 3.8) is 0 Å². The first-order chi connectivity index (χ1) is 14.7. The molecule has 1 aliphatic rings. The van der Waals surface area contributed by atoms with Gasteiger partial charge in [0.05, 0.1) is 16.6 Å². The number of anilines is 2. The number of aromatic nitrogens is 5. The second-order valence-electron chi connectivity index (χ2n) is 7.24. The first-order valence-corrected chi connectivity index (χ1v) is 9.89. The Balaban J connectivity index is 1.32. The van der Waals surface area contributed by atoms with E-state index >= 15 is 0 Å². The van der Waals surface area contributed by atoms with Gasteiger partial charge in [0.1, 0.15) is 11.5 Å². The van der Waals surface area contributed by atoms with Gasteiger partial charge in [-0.3, -0.25) is 9.48 Å². The minimum Gasteiger partial charge on any atom is -0.354 e. The Morgan fingerprint density at radius 2 is 1.97 bits per heavy atom. The molecule has 30 heavy (non-hydrogen) atoms. The lowest BCUT2D eigenvalue weighted by Gasteiger charge is -2.28. The molecule has 3 N–H and O–H groups in total. The van der Waals surface area contributed by atoms with Crippen molar-refractivity contribution in [1.82, 2.24) is 30.0 Å². The molecular formula is C21H22N8O. The number of piperazine rings is 1. The number of pyridine rings is 1. The van der Waals surface area contributed by atoms with E-state index in [0.29, 0.717) is 17.2 Å². The molecule has 0 unspecified atom stereocenters. The van der Waals surface area contributed by atoms with Crippen LogP contribution in [0.2, 0.25) is 0 Å². The van der Waals surface area contributed by atoms with E-state index < -0.39 is 0 Å². The van der Waals surface area contributed by atoms with Gasteiger partial charge in [-0.05, 0) is 24.3 Å². The van der Waals surface area contributed by atoms with Crippen LogP contribution >= 0.6 is 0 Å². The lowest BCUT2D eigenvalue weighted by molar-refractivity contribution is 0.102. The smallest absolute Gasteiger partial charge is 0.258 e. The molecule has 1 fully saturated rings. The number of aryl methyl sites for hydroxylation is 1. The maximum absolute atomic E-state index is 12.7. The van der Waals surface area contributed by atoms with Crippen molar-refractivity contribution in [2.24, 2.45) is 7.05 Å². The van der Waals surface area contributed by atoms with E-state index in [9.17, 15) is 4.79 Å². The van der Waals surface area contributed by atoms with Crippen LogP contribution in [0.5, 0.6) is 0 Å². The summed E-state index contributed by atoms with van der Waals surface area (Å²) in [5.74, 6) is 1.81. The zero-order valence-electron chi connectivity index (χ0n) is 16.6. The van der Waals surface area contributed by atoms with Crippen molar-refractivity contribution in [2.75, 3.05) is 36.4 Å². The number of fused-ring (bicyclic) bond motifs is 1. The summed E-state index contributed by atoms with van der Waals surface area (Å²) in [6.07, 6.45) is 1.61. The Morgan fingerprint density at radius 3 is 2.73 bits per heavy atom. The molecular weight excluding hydrogens is 380 g/mol. The van der Waals surface area contributed by atoms with Gasteiger partial charge in [0.2, 0.25) is 0 Å². The van der Waals surface area contributed by atoms with Crippen molar-refractivity contribution in [2.45, 2.75) is 0 Å². The molecule has 1 aliphatic heterocycles. The monoisotopic (exact) mass is 402 g/mol. The molecule has 1 aromatic carbocycles. The maximum Gasteiger partial charge on any atom is 0.258 e. The summed E-state index contributed by atoms with van der Waals surface area (Å²) >= 11 is 0. The Hall–Kier alpha value is -3.72. The molecule has 0 spiro atoms. The van der Waals surface area contributed by atoms with Crippen molar-refractivity contribution < 1.29 is 4.79 Å². The Bertz CT molecular complexity index is 1150. The van der Waals surface area contributed by atoms with Crippen molar-refractivity contribution >= 4 is 28.6 Å². The quantitative estimate of drug-likeness (QED) is 0.483. The molecule has 0 bridgehead atoms. The average Bonchev–Trinajstić information content (AvgIpc) is 3.37. The molecule has 0 atom stereocenters. The van der Waals surface area contributed by atoms with Gasteiger partial charge in [0, 0.05) is 45.5 Å². The van der Waals surface area contributed by atoms with E-state index in [1.54, 1.807) is 23.0 Å². The fraction of sp³-hybridized carbons (Fsp3) is 0.238. The van der Waals surface area contributed by atoms with Crippen LogP contribution in [-0.2, 0) is 7.05 Å². The third-order valence-corrected chi connectivity index (χ3v) is 5.20. The van der Waals surface area contributed by atoms with E-state index in [2.05, 4.69) is 35.6 Å². The van der Waals surface area contributed by atoms with Gasteiger partial charge in [-0.1, -0.05) is 12.1 Å². The fourth-order valence-corrected chi connectivity index (χ4v) is 3.61. The van der Waals surface area contributed by atoms with Crippen molar-refractivity contribution in [1.29, 1.82) is 0 Å². The van der Waals surface area contributed by atoms with Crippen LogP contribution < -0.4 is 15.5 Å². The minimum absolute atomic E-state index is 0.247. The van der Waals surface area contributed by atoms with Crippen LogP contribution in [0.3, 0.4) is 0 Å². The lowest BCUT2D eigenvalue weighted by Crippen LogP contribution is -2.43. The van der Waals surface area contributed by atoms with Gasteiger partial charge in [-0.25, -0.2) is 9.97 Å². The number of aromatic amines is 1. The molecule has 5 rings (SSSR count). The SMILES string of the molecule is Cn1nc(NC(=O)c2ccc(N3CCNCC3)nc2)cc1-c1nc2ccccc2[nH]1. The van der Waals surface area contributed by atoms with E-state index in [0.717, 1.165) is 48.7 Å². The zero-order chi connectivity index (χ0) is 20.5. The van der Waals surface area contributed by atoms with Crippen LogP contribution in [0, 0.1) is 0 Å². The molecule has 0 radical (unpaired) electrons. The molecule has 4 heterocycles. The second kappa shape index (κ2) is 7.60. The molecule has 1 saturated heterocycles. The van der Waals surface area contributed by atoms with Crippen LogP contribution in [0.25, 0.3) is 22.6 Å². The summed E-state index contributed by atoms with van der Waals surface area (Å²) in [6.45, 7) is 3.71. The van der Waals surface area contributed by atoms with Crippen LogP contribution in [-0.4, -0.2) is 56.8 Å². The number of carbonyl (C=O) groups is 1. The number of nitrogens with one attached hydrogen (secondary N) is 3. The molecule has 4 aromatic rings. The Kier molecular flexibility index (Phi) is 4.64. The third-order valence-electron chi connectivity index (χ3n) is 5.20. The molecule has 0 saturated carbocycles. The van der Waals surface area contributed by atoms with Gasteiger partial charge < -0.3 is 20.5 Å². The standard InChI is InChI=1S/C21H22N8O/c1-28-17(20-24-15-4-2-3-5-16(15)25-20)12-18(27-28)26-21(30)14-6-7-19(23-13-14)29-10-8-22-9-11-29/h2-7,12-13,22H,8-11H2,1H3,(H,24,25)(H,26,27,30). The number of hydrogen-bond acceptors (Lipinski definition) is 6. The number of H-pyrrole nitrogens is 1. The minimum atomic E-state index is -0.247. The number of benzene rings is 1. The molecule has 152 valence electrons. The Morgan fingerprint density at radius 1 is 1.13 bits per heavy atom. The zero-order valence-corrected chi connectivity index (χ0v) is 16.6. The highest BCUT2D eigenvalue weighted by molar-refractivity contribution is 6.03. The normalized spacial score (nSPS) is 14.2. The summed E-state index contributed by atoms with van der Waals surface area (Å²) in [5.41, 5.74) is 3.11. The number of amides is 1. The van der Waals surface area contributed by atoms with Crippen molar-refractivity contribution in [3.8, 4) is 11.5 Å². The molecule has 9 heteroatoms. The molecule has 1 amide bonds. The Labute approximate surface area is 173 Å². The van der Waals surface area contributed by atoms with Gasteiger partial charge in [-0.15, -0.1) is 0 Å². The first kappa shape index (κ1) is 18.3. The highest BCUT2D eigenvalue weighted by Crippen LogP contribution is 2.23. The molecule has 0 aliphatic carbocycles. The summed E-state index contributed by atoms with van der Waals surface area (Å²) in [4.78, 5) is 27.2. The number of rotatable bonds is 4. The van der Waals surface area contributed by atoms with Crippen LogP contribution in [0.4, 0.5) is 11.6 Å². The van der Waals surface area contributed by atoms with Crippen molar-refractivity contribution in [3.05, 3.63) is 54.2 Å². The van der Waals surface area contributed by atoms with Gasteiger partial charge >= 0.3 is 0 Å². The highest BCUT2D eigenvalue weighted by atomic mass is 16.1. The van der Waals surface area contributed by atoms with E-state index in [1.165, 1.54) is 0 Å². The number of imidazole rings is 1. The maximum atomic E-state index is 12.7.